The van der Waals surface area contributed by atoms with E-state index in [1.54, 1.807) is 12.1 Å². The van der Waals surface area contributed by atoms with E-state index in [9.17, 15) is 14.9 Å². The van der Waals surface area contributed by atoms with Crippen molar-refractivity contribution < 1.29 is 9.72 Å². The second kappa shape index (κ2) is 5.69. The number of nitrogens with one attached hydrogen (secondary N) is 1. The van der Waals surface area contributed by atoms with E-state index in [0.29, 0.717) is 11.1 Å². The molecule has 0 radical (unpaired) electrons. The summed E-state index contributed by atoms with van der Waals surface area (Å²) in [5, 5.41) is 13.8. The van der Waals surface area contributed by atoms with E-state index >= 15 is 0 Å². The van der Waals surface area contributed by atoms with Crippen molar-refractivity contribution in [2.45, 2.75) is 0 Å². The minimum Gasteiger partial charge on any atom is -0.321 e. The Labute approximate surface area is 144 Å². The highest BCUT2D eigenvalue weighted by atomic mass is 127. The normalized spacial score (nSPS) is 14.8. The summed E-state index contributed by atoms with van der Waals surface area (Å²) in [4.78, 5) is 22.5. The van der Waals surface area contributed by atoms with Crippen LogP contribution in [0.25, 0.3) is 11.6 Å². The molecule has 5 nitrogen and oxygen atoms in total. The number of amides is 1. The van der Waals surface area contributed by atoms with Gasteiger partial charge < -0.3 is 5.32 Å². The number of halogens is 2. The number of fused-ring (bicyclic) bond motifs is 1. The lowest BCUT2D eigenvalue weighted by atomic mass is 10.0. The van der Waals surface area contributed by atoms with Crippen LogP contribution in [0, 0.1) is 13.7 Å². The number of hydrogen-bond acceptors (Lipinski definition) is 3. The number of anilines is 1. The van der Waals surface area contributed by atoms with Crippen molar-refractivity contribution in [2.24, 2.45) is 0 Å². The molecule has 0 atom stereocenters. The van der Waals surface area contributed by atoms with E-state index in [0.717, 1.165) is 14.8 Å². The van der Waals surface area contributed by atoms with Crippen LogP contribution in [0.3, 0.4) is 0 Å². The predicted octanol–water partition coefficient (Wildman–Crippen LogP) is 4.35. The zero-order valence-electron chi connectivity index (χ0n) is 11.0. The molecule has 1 heterocycles. The molecule has 0 aliphatic carbocycles. The van der Waals surface area contributed by atoms with E-state index < -0.39 is 4.92 Å². The van der Waals surface area contributed by atoms with E-state index in [-0.39, 0.29) is 16.6 Å². The number of nitro benzene ring substituents is 1. The lowest BCUT2D eigenvalue weighted by molar-refractivity contribution is -0.384. The molecule has 0 bridgehead atoms. The molecular formula is C15H8ClIN2O3. The van der Waals surface area contributed by atoms with Gasteiger partial charge in [-0.2, -0.15) is 0 Å². The Morgan fingerprint density at radius 3 is 2.73 bits per heavy atom. The minimum absolute atomic E-state index is 0.0676. The monoisotopic (exact) mass is 426 g/mol. The molecule has 1 aliphatic rings. The molecule has 22 heavy (non-hydrogen) atoms. The first-order valence-electron chi connectivity index (χ1n) is 6.22. The van der Waals surface area contributed by atoms with Crippen molar-refractivity contribution in [3.8, 4) is 0 Å². The Hall–Kier alpha value is -1.93. The van der Waals surface area contributed by atoms with Gasteiger partial charge in [0.05, 0.1) is 4.92 Å². The van der Waals surface area contributed by atoms with Crippen LogP contribution in [0.15, 0.2) is 36.4 Å². The first kappa shape index (κ1) is 15.0. The van der Waals surface area contributed by atoms with Crippen molar-refractivity contribution in [1.29, 1.82) is 0 Å². The third-order valence-corrected chi connectivity index (χ3v) is 4.23. The number of nitro groups is 1. The van der Waals surface area contributed by atoms with Crippen LogP contribution in [-0.2, 0) is 4.79 Å². The molecule has 0 aromatic heterocycles. The Bertz CT molecular complexity index is 849. The quantitative estimate of drug-likeness (QED) is 0.336. The van der Waals surface area contributed by atoms with Gasteiger partial charge in [0.15, 0.2) is 0 Å². The standard InChI is InChI=1S/C15H8ClIN2O3/c16-12-3-1-8(6-14(12)19(21)22)5-11-10-7-9(17)2-4-13(10)18-15(11)20/h1-7H,(H,18,20). The molecular weight excluding hydrogens is 419 g/mol. The van der Waals surface area contributed by atoms with Gasteiger partial charge in [-0.3, -0.25) is 14.9 Å². The molecule has 2 aromatic carbocycles. The molecule has 0 saturated heterocycles. The van der Waals surface area contributed by atoms with Crippen LogP contribution in [-0.4, -0.2) is 10.8 Å². The second-order valence-electron chi connectivity index (χ2n) is 4.67. The van der Waals surface area contributed by atoms with Crippen molar-refractivity contribution in [3.63, 3.8) is 0 Å². The van der Waals surface area contributed by atoms with Gasteiger partial charge in [-0.1, -0.05) is 17.7 Å². The lowest BCUT2D eigenvalue weighted by Crippen LogP contribution is -2.03. The predicted molar refractivity (Wildman–Crippen MR) is 93.8 cm³/mol. The van der Waals surface area contributed by atoms with Gasteiger partial charge in [0.1, 0.15) is 5.02 Å². The van der Waals surface area contributed by atoms with Crippen molar-refractivity contribution in [2.75, 3.05) is 5.32 Å². The van der Waals surface area contributed by atoms with Gasteiger partial charge in [0.2, 0.25) is 0 Å². The molecule has 1 aliphatic heterocycles. The number of carbonyl (C=O) groups excluding carboxylic acids is 1. The third kappa shape index (κ3) is 2.71. The van der Waals surface area contributed by atoms with Gasteiger partial charge in [-0.15, -0.1) is 0 Å². The van der Waals surface area contributed by atoms with Crippen molar-refractivity contribution in [3.05, 3.63) is 66.2 Å². The molecule has 110 valence electrons. The van der Waals surface area contributed by atoms with Crippen LogP contribution in [0.4, 0.5) is 11.4 Å². The zero-order chi connectivity index (χ0) is 15.9. The molecule has 7 heteroatoms. The lowest BCUT2D eigenvalue weighted by Gasteiger charge is -2.01. The maximum atomic E-state index is 12.1. The molecule has 1 N–H and O–H groups in total. The van der Waals surface area contributed by atoms with Gasteiger partial charge >= 0.3 is 0 Å². The number of nitrogens with zero attached hydrogens (tertiary/aromatic N) is 1. The number of hydrogen-bond donors (Lipinski definition) is 1. The Morgan fingerprint density at radius 1 is 1.23 bits per heavy atom. The second-order valence-corrected chi connectivity index (χ2v) is 6.32. The van der Waals surface area contributed by atoms with Gasteiger partial charge in [-0.25, -0.2) is 0 Å². The Morgan fingerprint density at radius 2 is 2.00 bits per heavy atom. The highest BCUT2D eigenvalue weighted by Crippen LogP contribution is 2.35. The molecule has 0 saturated carbocycles. The maximum Gasteiger partial charge on any atom is 0.288 e. The van der Waals surface area contributed by atoms with Crippen molar-refractivity contribution >= 4 is 63.1 Å². The largest absolute Gasteiger partial charge is 0.321 e. The fourth-order valence-corrected chi connectivity index (χ4v) is 2.91. The SMILES string of the molecule is O=C1Nc2ccc(I)cc2C1=Cc1ccc(Cl)c([N+](=O)[O-])c1. The van der Waals surface area contributed by atoms with Crippen LogP contribution >= 0.6 is 34.2 Å². The maximum absolute atomic E-state index is 12.1. The summed E-state index contributed by atoms with van der Waals surface area (Å²) in [5.41, 5.74) is 2.37. The first-order valence-corrected chi connectivity index (χ1v) is 7.68. The van der Waals surface area contributed by atoms with E-state index in [4.69, 9.17) is 11.6 Å². The fourth-order valence-electron chi connectivity index (χ4n) is 2.23. The first-order chi connectivity index (χ1) is 10.5. The molecule has 3 rings (SSSR count). The van der Waals surface area contributed by atoms with Crippen LogP contribution in [0.1, 0.15) is 11.1 Å². The van der Waals surface area contributed by atoms with Gasteiger partial charge in [-0.05, 0) is 58.5 Å². The summed E-state index contributed by atoms with van der Waals surface area (Å²) >= 11 is 7.96. The van der Waals surface area contributed by atoms with Crippen LogP contribution < -0.4 is 5.32 Å². The van der Waals surface area contributed by atoms with E-state index in [1.165, 1.54) is 12.1 Å². The topological polar surface area (TPSA) is 72.2 Å². The minimum atomic E-state index is -0.546. The van der Waals surface area contributed by atoms with Crippen LogP contribution in [0.2, 0.25) is 5.02 Å². The average molecular weight is 427 g/mol. The zero-order valence-corrected chi connectivity index (χ0v) is 13.9. The molecule has 0 unspecified atom stereocenters. The summed E-state index contributed by atoms with van der Waals surface area (Å²) in [6.07, 6.45) is 1.63. The smallest absolute Gasteiger partial charge is 0.288 e. The molecule has 2 aromatic rings. The third-order valence-electron chi connectivity index (χ3n) is 3.24. The average Bonchev–Trinajstić information content (AvgIpc) is 2.76. The summed E-state index contributed by atoms with van der Waals surface area (Å²) in [7, 11) is 0. The fraction of sp³-hybridized carbons (Fsp3) is 0. The van der Waals surface area contributed by atoms with E-state index in [1.807, 2.05) is 18.2 Å². The highest BCUT2D eigenvalue weighted by molar-refractivity contribution is 14.1. The summed E-state index contributed by atoms with van der Waals surface area (Å²) in [6.45, 7) is 0. The summed E-state index contributed by atoms with van der Waals surface area (Å²) in [6, 6.07) is 10.1. The summed E-state index contributed by atoms with van der Waals surface area (Å²) in [5.74, 6) is -0.227. The van der Waals surface area contributed by atoms with Crippen LogP contribution in [0.5, 0.6) is 0 Å². The molecule has 1 amide bonds. The Balaban J connectivity index is 2.10. The number of rotatable bonds is 2. The summed E-state index contributed by atoms with van der Waals surface area (Å²) < 4.78 is 1.00. The molecule has 0 fully saturated rings. The Kier molecular flexibility index (Phi) is 3.88. The van der Waals surface area contributed by atoms with Gasteiger partial charge in [0, 0.05) is 26.5 Å². The van der Waals surface area contributed by atoms with E-state index in [2.05, 4.69) is 27.9 Å². The number of benzene rings is 2. The highest BCUT2D eigenvalue weighted by Gasteiger charge is 2.24. The van der Waals surface area contributed by atoms with Gasteiger partial charge in [0.25, 0.3) is 11.6 Å². The number of carbonyl (C=O) groups is 1. The molecule has 0 spiro atoms. The van der Waals surface area contributed by atoms with Crippen molar-refractivity contribution in [1.82, 2.24) is 0 Å².